The maximum absolute atomic E-state index is 8.91. The highest BCUT2D eigenvalue weighted by Gasteiger charge is 2.07. The highest BCUT2D eigenvalue weighted by molar-refractivity contribution is 4.61. The first-order valence-electron chi connectivity index (χ1n) is 3.64. The molecule has 0 bridgehead atoms. The van der Waals surface area contributed by atoms with E-state index in [9.17, 15) is 0 Å². The summed E-state index contributed by atoms with van der Waals surface area (Å²) in [5, 5.41) is 22.5. The number of aliphatic hydroxyl groups excluding tert-OH is 1. The highest BCUT2D eigenvalue weighted by atomic mass is 16.9. The zero-order valence-corrected chi connectivity index (χ0v) is 6.27. The Morgan fingerprint density at radius 1 is 1.27 bits per heavy atom. The molecule has 0 aliphatic heterocycles. The van der Waals surface area contributed by atoms with E-state index in [-0.39, 0.29) is 6.10 Å². The maximum Gasteiger partial charge on any atom is 0.291 e. The molecule has 11 heavy (non-hydrogen) atoms. The summed E-state index contributed by atoms with van der Waals surface area (Å²) in [6, 6.07) is 0. The molecule has 0 unspecified atom stereocenters. The van der Waals surface area contributed by atoms with Crippen molar-refractivity contribution in [3.63, 3.8) is 0 Å². The van der Waals surface area contributed by atoms with E-state index in [1.54, 1.807) is 0 Å². The minimum atomic E-state index is -1.50. The van der Waals surface area contributed by atoms with Crippen LogP contribution in [0.3, 0.4) is 0 Å². The average molecular weight is 163 g/mol. The third-order valence-corrected chi connectivity index (χ3v) is 1.57. The van der Waals surface area contributed by atoms with Gasteiger partial charge in [0.15, 0.2) is 0 Å². The molecule has 0 spiro atoms. The summed E-state index contributed by atoms with van der Waals surface area (Å²) < 4.78 is 0. The number of nitrogens with zero attached hydrogens (tertiary/aromatic N) is 1. The van der Waals surface area contributed by atoms with Gasteiger partial charge in [-0.05, 0) is 12.8 Å². The predicted molar refractivity (Wildman–Crippen MR) is 37.9 cm³/mol. The first-order valence-corrected chi connectivity index (χ1v) is 3.64. The molecular weight excluding hydrogens is 150 g/mol. The van der Waals surface area contributed by atoms with Crippen LogP contribution in [0.1, 0.15) is 32.1 Å². The molecule has 1 aliphatic carbocycles. The van der Waals surface area contributed by atoms with Crippen LogP contribution in [0.25, 0.3) is 0 Å². The first kappa shape index (κ1) is 10.2. The van der Waals surface area contributed by atoms with Gasteiger partial charge in [-0.3, -0.25) is 0 Å². The molecule has 1 rings (SSSR count). The molecule has 1 aliphatic rings. The quantitative estimate of drug-likeness (QED) is 0.411. The lowest BCUT2D eigenvalue weighted by Gasteiger charge is -2.14. The molecule has 0 aromatic heterocycles. The van der Waals surface area contributed by atoms with E-state index in [0.717, 1.165) is 12.8 Å². The molecule has 0 aromatic carbocycles. The van der Waals surface area contributed by atoms with Crippen molar-refractivity contribution in [2.75, 3.05) is 0 Å². The summed E-state index contributed by atoms with van der Waals surface area (Å²) in [6.45, 7) is 0. The zero-order chi connectivity index (χ0) is 8.69. The van der Waals surface area contributed by atoms with Crippen molar-refractivity contribution in [2.24, 2.45) is 0 Å². The molecule has 0 saturated heterocycles. The monoisotopic (exact) mass is 163 g/mol. The predicted octanol–water partition coefficient (Wildman–Crippen LogP) is 0.964. The largest absolute Gasteiger partial charge is 0.393 e. The summed E-state index contributed by atoms with van der Waals surface area (Å²) in [5.41, 5.74) is 0. The fourth-order valence-corrected chi connectivity index (χ4v) is 1.08. The fraction of sp³-hybridized carbons (Fsp3) is 1.00. The van der Waals surface area contributed by atoms with Gasteiger partial charge >= 0.3 is 0 Å². The molecule has 5 nitrogen and oxygen atoms in total. The van der Waals surface area contributed by atoms with Crippen LogP contribution in [0.2, 0.25) is 0 Å². The van der Waals surface area contributed by atoms with E-state index in [1.807, 2.05) is 0 Å². The molecule has 1 fully saturated rings. The van der Waals surface area contributed by atoms with Crippen LogP contribution in [0.4, 0.5) is 0 Å². The molecule has 1 saturated carbocycles. The van der Waals surface area contributed by atoms with Gasteiger partial charge < -0.3 is 10.3 Å². The molecule has 0 atom stereocenters. The normalized spacial score (nSPS) is 18.3. The van der Waals surface area contributed by atoms with Gasteiger partial charge in [-0.2, -0.15) is 0 Å². The first-order chi connectivity index (χ1) is 5.13. The van der Waals surface area contributed by atoms with E-state index in [1.165, 1.54) is 19.3 Å². The molecular formula is C6H13NO4. The second kappa shape index (κ2) is 5.91. The third kappa shape index (κ3) is 9.16. The summed E-state index contributed by atoms with van der Waals surface area (Å²) in [6.07, 6.45) is 5.92. The Bertz CT molecular complexity index is 107. The van der Waals surface area contributed by atoms with Gasteiger partial charge in [0.1, 0.15) is 0 Å². The summed E-state index contributed by atoms with van der Waals surface area (Å²) in [4.78, 5) is 8.36. The molecule has 0 heterocycles. The summed E-state index contributed by atoms with van der Waals surface area (Å²) >= 11 is 0. The molecule has 2 N–H and O–H groups in total. The zero-order valence-electron chi connectivity index (χ0n) is 6.27. The minimum absolute atomic E-state index is 0.0359. The van der Waals surface area contributed by atoms with Gasteiger partial charge in [-0.1, -0.05) is 19.3 Å². The Hall–Kier alpha value is -0.840. The molecule has 66 valence electrons. The fourth-order valence-electron chi connectivity index (χ4n) is 1.08. The highest BCUT2D eigenvalue weighted by Crippen LogP contribution is 2.16. The van der Waals surface area contributed by atoms with Gasteiger partial charge in [-0.25, -0.2) is 0 Å². The minimum Gasteiger partial charge on any atom is -0.393 e. The van der Waals surface area contributed by atoms with Gasteiger partial charge in [0.25, 0.3) is 5.09 Å². The van der Waals surface area contributed by atoms with Crippen LogP contribution >= 0.6 is 0 Å². The van der Waals surface area contributed by atoms with Crippen molar-refractivity contribution in [1.29, 1.82) is 0 Å². The Labute approximate surface area is 64.8 Å². The van der Waals surface area contributed by atoms with Crippen molar-refractivity contribution in [3.05, 3.63) is 10.1 Å². The van der Waals surface area contributed by atoms with Gasteiger partial charge in [0.05, 0.1) is 6.10 Å². The van der Waals surface area contributed by atoms with Crippen molar-refractivity contribution in [3.8, 4) is 0 Å². The lowest BCUT2D eigenvalue weighted by atomic mass is 9.98. The van der Waals surface area contributed by atoms with Crippen LogP contribution in [0.15, 0.2) is 0 Å². The SMILES string of the molecule is O=[N+]([O-])O.OC1CCCCC1. The molecule has 0 amide bonds. The van der Waals surface area contributed by atoms with Crippen LogP contribution in [0.5, 0.6) is 0 Å². The number of hydrogen-bond donors (Lipinski definition) is 2. The van der Waals surface area contributed by atoms with E-state index >= 15 is 0 Å². The molecule has 0 radical (unpaired) electrons. The summed E-state index contributed by atoms with van der Waals surface area (Å²) in [7, 11) is 0. The number of rotatable bonds is 0. The van der Waals surface area contributed by atoms with Crippen molar-refractivity contribution in [1.82, 2.24) is 0 Å². The maximum atomic E-state index is 8.91. The summed E-state index contributed by atoms with van der Waals surface area (Å²) in [5.74, 6) is 0. The van der Waals surface area contributed by atoms with Crippen molar-refractivity contribution >= 4 is 0 Å². The molecule has 5 heteroatoms. The Balaban J connectivity index is 0.000000218. The van der Waals surface area contributed by atoms with E-state index in [2.05, 4.69) is 0 Å². The van der Waals surface area contributed by atoms with Crippen LogP contribution < -0.4 is 0 Å². The standard InChI is InChI=1S/C6H12O.HNO3/c7-6-4-2-1-3-5-6;2-1(3)4/h6-7H,1-5H2;(H,2,3,4). The van der Waals surface area contributed by atoms with Crippen molar-refractivity contribution in [2.45, 2.75) is 38.2 Å². The lowest BCUT2D eigenvalue weighted by Crippen LogP contribution is -2.09. The third-order valence-electron chi connectivity index (χ3n) is 1.57. The Kier molecular flexibility index (Phi) is 5.46. The second-order valence-corrected chi connectivity index (χ2v) is 2.53. The van der Waals surface area contributed by atoms with E-state index in [0.29, 0.717) is 0 Å². The topological polar surface area (TPSA) is 83.6 Å². The van der Waals surface area contributed by atoms with Crippen molar-refractivity contribution < 1.29 is 15.4 Å². The van der Waals surface area contributed by atoms with Gasteiger partial charge in [0.2, 0.25) is 0 Å². The van der Waals surface area contributed by atoms with Crippen LogP contribution in [-0.4, -0.2) is 21.5 Å². The Morgan fingerprint density at radius 3 is 1.82 bits per heavy atom. The lowest BCUT2D eigenvalue weighted by molar-refractivity contribution is -0.742. The van der Waals surface area contributed by atoms with Crippen LogP contribution in [-0.2, 0) is 0 Å². The smallest absolute Gasteiger partial charge is 0.291 e. The van der Waals surface area contributed by atoms with E-state index in [4.69, 9.17) is 20.4 Å². The Morgan fingerprint density at radius 2 is 1.64 bits per heavy atom. The van der Waals surface area contributed by atoms with E-state index < -0.39 is 5.09 Å². The van der Waals surface area contributed by atoms with Crippen LogP contribution in [0, 0.1) is 10.1 Å². The average Bonchev–Trinajstić information content (AvgIpc) is 1.87. The van der Waals surface area contributed by atoms with Gasteiger partial charge in [0, 0.05) is 0 Å². The number of aliphatic hydroxyl groups is 1. The van der Waals surface area contributed by atoms with Gasteiger partial charge in [-0.15, -0.1) is 10.1 Å². The second-order valence-electron chi connectivity index (χ2n) is 2.53. The molecule has 0 aromatic rings. The number of hydrogen-bond acceptors (Lipinski definition) is 3.